The van der Waals surface area contributed by atoms with E-state index in [0.29, 0.717) is 11.5 Å². The van der Waals surface area contributed by atoms with Gasteiger partial charge < -0.3 is 9.88 Å². The molecule has 2 N–H and O–H groups in total. The summed E-state index contributed by atoms with van der Waals surface area (Å²) in [5.74, 6) is 0.516. The number of aliphatic imine (C=N–C) groups is 1. The van der Waals surface area contributed by atoms with Crippen LogP contribution >= 0.6 is 0 Å². The number of nitrogens with one attached hydrogen (secondary N) is 2. The largest absolute Gasteiger partial charge is 0.325 e. The third-order valence-corrected chi connectivity index (χ3v) is 5.85. The molecule has 0 aliphatic carbocycles. The van der Waals surface area contributed by atoms with E-state index in [9.17, 15) is 4.79 Å². The van der Waals surface area contributed by atoms with Gasteiger partial charge in [0.05, 0.1) is 5.35 Å². The van der Waals surface area contributed by atoms with Gasteiger partial charge in [0, 0.05) is 23.9 Å². The first-order valence-electron chi connectivity index (χ1n) is 11.2. The molecule has 3 aromatic rings. The first kappa shape index (κ1) is 23.3. The van der Waals surface area contributed by atoms with Gasteiger partial charge in [-0.15, -0.1) is 0 Å². The number of benzene rings is 2. The van der Waals surface area contributed by atoms with Gasteiger partial charge in [-0.2, -0.15) is 0 Å². The fraction of sp³-hybridized carbons (Fsp3) is 0.214. The van der Waals surface area contributed by atoms with Gasteiger partial charge in [0.2, 0.25) is 12.2 Å². The van der Waals surface area contributed by atoms with Gasteiger partial charge >= 0.3 is 0 Å². The van der Waals surface area contributed by atoms with Crippen molar-refractivity contribution in [2.75, 3.05) is 5.32 Å². The first-order valence-corrected chi connectivity index (χ1v) is 11.2. The third kappa shape index (κ3) is 4.72. The van der Waals surface area contributed by atoms with E-state index in [1.54, 1.807) is 11.6 Å². The average molecular weight is 455 g/mol. The summed E-state index contributed by atoms with van der Waals surface area (Å²) in [6.07, 6.45) is 3.52. The van der Waals surface area contributed by atoms with Crippen molar-refractivity contribution in [2.45, 2.75) is 33.9 Å². The predicted octanol–water partition coefficient (Wildman–Crippen LogP) is 3.83. The summed E-state index contributed by atoms with van der Waals surface area (Å²) in [6, 6.07) is 16.0. The predicted molar refractivity (Wildman–Crippen MR) is 140 cm³/mol. The lowest BCUT2D eigenvalue weighted by molar-refractivity contribution is 0.0375. The van der Waals surface area contributed by atoms with Gasteiger partial charge in [-0.05, 0) is 68.3 Å². The molecular weight excluding hydrogens is 424 g/mol. The topological polar surface area (TPSA) is 67.7 Å². The Morgan fingerprint density at radius 2 is 1.88 bits per heavy atom. The number of hydroxylamine groups is 1. The number of pyridine rings is 1. The van der Waals surface area contributed by atoms with Crippen molar-refractivity contribution in [3.63, 3.8) is 0 Å². The van der Waals surface area contributed by atoms with Crippen LogP contribution in [0.25, 0.3) is 23.3 Å². The van der Waals surface area contributed by atoms with Crippen molar-refractivity contribution in [1.82, 2.24) is 10.0 Å². The maximum atomic E-state index is 13.3. The van der Waals surface area contributed by atoms with Gasteiger partial charge in [-0.1, -0.05) is 54.1 Å². The summed E-state index contributed by atoms with van der Waals surface area (Å²) in [5, 5.41) is 5.10. The second-order valence-electron chi connectivity index (χ2n) is 8.66. The van der Waals surface area contributed by atoms with Crippen LogP contribution in [0.4, 0.5) is 5.69 Å². The van der Waals surface area contributed by atoms with E-state index in [1.165, 1.54) is 5.56 Å². The molecule has 0 saturated heterocycles. The number of aromatic nitrogens is 1. The van der Waals surface area contributed by atoms with Crippen LogP contribution in [-0.4, -0.2) is 10.5 Å². The highest BCUT2D eigenvalue weighted by Crippen LogP contribution is 2.25. The number of allylic oxidation sites excluding steroid dienone is 1. The summed E-state index contributed by atoms with van der Waals surface area (Å²) in [7, 11) is 1.80. The lowest BCUT2D eigenvalue weighted by Gasteiger charge is -2.12. The molecule has 4 rings (SSSR count). The first-order chi connectivity index (χ1) is 16.3. The minimum atomic E-state index is -0.417. The van der Waals surface area contributed by atoms with Gasteiger partial charge in [-0.25, -0.2) is 15.3 Å². The van der Waals surface area contributed by atoms with Gasteiger partial charge in [-0.3, -0.25) is 4.79 Å². The molecule has 6 nitrogen and oxygen atoms in total. The van der Waals surface area contributed by atoms with Crippen molar-refractivity contribution in [1.29, 1.82) is 0 Å². The molecule has 0 spiro atoms. The van der Waals surface area contributed by atoms with Crippen LogP contribution in [0.1, 0.15) is 36.8 Å². The minimum Gasteiger partial charge on any atom is -0.325 e. The highest BCUT2D eigenvalue weighted by molar-refractivity contribution is 5.94. The summed E-state index contributed by atoms with van der Waals surface area (Å²) in [5.41, 5.74) is 9.18. The standard InChI is InChI=1S/C28H30N4O2/c1-7-20-15-24(27(33)32(6)25(20)14-17(2)3)23-16-22(13-10-19(23)5)29-28-30-26(34-31-28)21-11-8-18(4)9-12-21/h7-16,26H,2H2,1,3-6H3,(H2,29,30,31)/b20-7-,25-14+. The minimum absolute atomic E-state index is 0.0579. The van der Waals surface area contributed by atoms with Crippen LogP contribution in [0.15, 0.2) is 70.5 Å². The molecule has 0 fully saturated rings. The van der Waals surface area contributed by atoms with E-state index in [1.807, 2.05) is 88.4 Å². The molecule has 0 saturated carbocycles. The highest BCUT2D eigenvalue weighted by Gasteiger charge is 2.20. The molecule has 1 aliphatic heterocycles. The molecule has 0 bridgehead atoms. The molecule has 174 valence electrons. The zero-order valence-electron chi connectivity index (χ0n) is 20.3. The molecule has 0 amide bonds. The second kappa shape index (κ2) is 9.53. The number of hydrogen-bond acceptors (Lipinski definition) is 5. The molecular formula is C28H30N4O2. The zero-order valence-corrected chi connectivity index (χ0v) is 20.3. The molecule has 34 heavy (non-hydrogen) atoms. The van der Waals surface area contributed by atoms with Gasteiger partial charge in [0.25, 0.3) is 5.56 Å². The maximum absolute atomic E-state index is 13.3. The summed E-state index contributed by atoms with van der Waals surface area (Å²) >= 11 is 0. The Bertz CT molecular complexity index is 1460. The fourth-order valence-electron chi connectivity index (χ4n) is 3.95. The molecule has 0 radical (unpaired) electrons. The van der Waals surface area contributed by atoms with Crippen LogP contribution in [0, 0.1) is 13.8 Å². The lowest BCUT2D eigenvalue weighted by atomic mass is 10.00. The van der Waals surface area contributed by atoms with Crippen LogP contribution in [-0.2, 0) is 11.9 Å². The number of nitrogens with zero attached hydrogens (tertiary/aromatic N) is 2. The number of guanidine groups is 1. The van der Waals surface area contributed by atoms with E-state index < -0.39 is 6.23 Å². The number of aryl methyl sites for hydroxylation is 2. The molecule has 1 unspecified atom stereocenters. The Balaban J connectivity index is 1.69. The normalized spacial score (nSPS) is 16.4. The Hall–Kier alpha value is -3.90. The van der Waals surface area contributed by atoms with E-state index in [0.717, 1.165) is 38.5 Å². The second-order valence-corrected chi connectivity index (χ2v) is 8.66. The third-order valence-electron chi connectivity index (χ3n) is 5.85. The SMILES string of the molecule is C=C(C)/C=c1\c(=C/C)cc(-c2cc(NC3=NC(c4ccc(C)cc4)ON3)ccc2C)c(=O)n1C. The molecule has 1 aromatic heterocycles. The summed E-state index contributed by atoms with van der Waals surface area (Å²) < 4.78 is 1.68. The van der Waals surface area contributed by atoms with Crippen molar-refractivity contribution in [2.24, 2.45) is 12.0 Å². The number of hydrogen-bond donors (Lipinski definition) is 2. The molecule has 6 heteroatoms. The van der Waals surface area contributed by atoms with Crippen molar-refractivity contribution < 1.29 is 4.84 Å². The number of anilines is 1. The lowest BCUT2D eigenvalue weighted by Crippen LogP contribution is -2.42. The molecule has 1 aliphatic rings. The Kier molecular flexibility index (Phi) is 6.52. The maximum Gasteiger partial charge on any atom is 0.258 e. The fourth-order valence-corrected chi connectivity index (χ4v) is 3.95. The van der Waals surface area contributed by atoms with Crippen LogP contribution < -0.4 is 26.9 Å². The average Bonchev–Trinajstić information content (AvgIpc) is 3.27. The Morgan fingerprint density at radius 3 is 2.56 bits per heavy atom. The molecule has 2 aromatic carbocycles. The van der Waals surface area contributed by atoms with Crippen LogP contribution in [0.2, 0.25) is 0 Å². The quantitative estimate of drug-likeness (QED) is 0.629. The van der Waals surface area contributed by atoms with E-state index >= 15 is 0 Å². The van der Waals surface area contributed by atoms with E-state index in [-0.39, 0.29) is 5.56 Å². The Morgan fingerprint density at radius 1 is 1.15 bits per heavy atom. The molecule has 1 atom stereocenters. The smallest absolute Gasteiger partial charge is 0.258 e. The van der Waals surface area contributed by atoms with Crippen molar-refractivity contribution in [3.8, 4) is 11.1 Å². The number of rotatable bonds is 4. The zero-order chi connectivity index (χ0) is 24.4. The van der Waals surface area contributed by atoms with Gasteiger partial charge in [0.15, 0.2) is 0 Å². The summed E-state index contributed by atoms with van der Waals surface area (Å²) in [6.45, 7) is 11.9. The van der Waals surface area contributed by atoms with Crippen molar-refractivity contribution >= 4 is 23.8 Å². The monoisotopic (exact) mass is 454 g/mol. The summed E-state index contributed by atoms with van der Waals surface area (Å²) in [4.78, 5) is 23.5. The van der Waals surface area contributed by atoms with Crippen LogP contribution in [0.3, 0.4) is 0 Å². The van der Waals surface area contributed by atoms with E-state index in [4.69, 9.17) is 4.84 Å². The Labute approximate surface area is 199 Å². The highest BCUT2D eigenvalue weighted by atomic mass is 16.7. The van der Waals surface area contributed by atoms with E-state index in [2.05, 4.69) is 22.4 Å². The van der Waals surface area contributed by atoms with Crippen LogP contribution in [0.5, 0.6) is 0 Å². The van der Waals surface area contributed by atoms with Gasteiger partial charge in [0.1, 0.15) is 0 Å². The van der Waals surface area contributed by atoms with Crippen molar-refractivity contribution in [3.05, 3.63) is 98.3 Å². The molecule has 2 heterocycles.